The Morgan fingerprint density at radius 3 is 1.55 bits per heavy atom. The summed E-state index contributed by atoms with van der Waals surface area (Å²) >= 11 is 4.64. The zero-order valence-corrected chi connectivity index (χ0v) is 15.9. The predicted molar refractivity (Wildman–Crippen MR) is 96.7 cm³/mol. The third-order valence-corrected chi connectivity index (χ3v) is 4.76. The van der Waals surface area contributed by atoms with Gasteiger partial charge in [-0.1, -0.05) is 0 Å². The highest BCUT2D eigenvalue weighted by atomic mass is 127. The molecule has 0 aliphatic heterocycles. The second-order valence-corrected chi connectivity index (χ2v) is 6.83. The Hall–Kier alpha value is -0.380. The zero-order valence-electron chi connectivity index (χ0n) is 11.6. The lowest BCUT2D eigenvalue weighted by Gasteiger charge is -2.11. The molecule has 0 fully saturated rings. The van der Waals surface area contributed by atoms with Crippen molar-refractivity contribution in [3.8, 4) is 0 Å². The Morgan fingerprint density at radius 1 is 0.900 bits per heavy atom. The van der Waals surface area contributed by atoms with Crippen molar-refractivity contribution in [3.63, 3.8) is 0 Å². The van der Waals surface area contributed by atoms with Crippen molar-refractivity contribution >= 4 is 57.0 Å². The van der Waals surface area contributed by atoms with Gasteiger partial charge in [-0.3, -0.25) is 9.59 Å². The zero-order chi connectivity index (χ0) is 15.1. The molecule has 0 aliphatic carbocycles. The van der Waals surface area contributed by atoms with Gasteiger partial charge in [-0.15, -0.1) is 0 Å². The van der Waals surface area contributed by atoms with Crippen molar-refractivity contribution in [1.29, 1.82) is 0 Å². The lowest BCUT2D eigenvalue weighted by Crippen LogP contribution is -2.23. The molecule has 0 radical (unpaired) electrons. The average Bonchev–Trinajstić information content (AvgIpc) is 2.33. The molecule has 0 aromatic heterocycles. The topological polar surface area (TPSA) is 58.2 Å². The highest BCUT2D eigenvalue weighted by Gasteiger charge is 2.07. The van der Waals surface area contributed by atoms with Crippen molar-refractivity contribution in [2.45, 2.75) is 26.7 Å². The maximum atomic E-state index is 10.9. The van der Waals surface area contributed by atoms with Crippen molar-refractivity contribution in [2.24, 2.45) is 0 Å². The van der Waals surface area contributed by atoms with Crippen LogP contribution in [-0.2, 0) is 22.4 Å². The largest absolute Gasteiger partial charge is 0.356 e. The number of rotatable bonds is 6. The molecule has 4 nitrogen and oxygen atoms in total. The summed E-state index contributed by atoms with van der Waals surface area (Å²) in [7, 11) is 0. The molecule has 0 atom stereocenters. The summed E-state index contributed by atoms with van der Waals surface area (Å²) in [5, 5.41) is 5.62. The molecule has 1 rings (SSSR count). The van der Waals surface area contributed by atoms with E-state index in [-0.39, 0.29) is 11.8 Å². The van der Waals surface area contributed by atoms with Crippen molar-refractivity contribution in [1.82, 2.24) is 10.6 Å². The monoisotopic (exact) mass is 500 g/mol. The van der Waals surface area contributed by atoms with Crippen LogP contribution in [0.4, 0.5) is 0 Å². The molecule has 110 valence electrons. The van der Waals surface area contributed by atoms with E-state index in [1.807, 2.05) is 0 Å². The van der Waals surface area contributed by atoms with Gasteiger partial charge in [0, 0.05) is 34.1 Å². The molecule has 20 heavy (non-hydrogen) atoms. The molecule has 0 bridgehead atoms. The molecule has 0 unspecified atom stereocenters. The van der Waals surface area contributed by atoms with Gasteiger partial charge in [0.1, 0.15) is 0 Å². The maximum absolute atomic E-state index is 10.9. The minimum absolute atomic E-state index is 0.00151. The summed E-state index contributed by atoms with van der Waals surface area (Å²) in [5.74, 6) is 0.00302. The molecule has 0 saturated carbocycles. The quantitative estimate of drug-likeness (QED) is 0.590. The molecule has 0 heterocycles. The number of amides is 2. The number of carbonyl (C=O) groups excluding carboxylic acids is 2. The summed E-state index contributed by atoms with van der Waals surface area (Å²) in [6.45, 7) is 4.37. The first-order valence-corrected chi connectivity index (χ1v) is 8.51. The van der Waals surface area contributed by atoms with Crippen molar-refractivity contribution < 1.29 is 9.59 Å². The van der Waals surface area contributed by atoms with E-state index < -0.39 is 0 Å². The smallest absolute Gasteiger partial charge is 0.216 e. The van der Waals surface area contributed by atoms with Crippen LogP contribution >= 0.6 is 45.2 Å². The van der Waals surface area contributed by atoms with E-state index in [1.54, 1.807) is 0 Å². The lowest BCUT2D eigenvalue weighted by atomic mass is 10.1. The summed E-state index contributed by atoms with van der Waals surface area (Å²) in [6.07, 6.45) is 1.67. The third-order valence-electron chi connectivity index (χ3n) is 2.75. The van der Waals surface area contributed by atoms with Gasteiger partial charge in [-0.2, -0.15) is 0 Å². The Morgan fingerprint density at radius 2 is 1.25 bits per heavy atom. The molecule has 0 saturated heterocycles. The third kappa shape index (κ3) is 6.38. The Labute approximate surface area is 146 Å². The molecule has 2 amide bonds. The maximum Gasteiger partial charge on any atom is 0.216 e. The molecule has 1 aromatic rings. The fraction of sp³-hybridized carbons (Fsp3) is 0.429. The minimum atomic E-state index is 0.00151. The first-order valence-electron chi connectivity index (χ1n) is 6.36. The van der Waals surface area contributed by atoms with Crippen LogP contribution in [0.5, 0.6) is 0 Å². The van der Waals surface area contributed by atoms with E-state index in [4.69, 9.17) is 0 Å². The van der Waals surface area contributed by atoms with Gasteiger partial charge < -0.3 is 10.6 Å². The van der Waals surface area contributed by atoms with Crippen LogP contribution < -0.4 is 10.6 Å². The van der Waals surface area contributed by atoms with Gasteiger partial charge in [0.15, 0.2) is 0 Å². The predicted octanol–water partition coefficient (Wildman–Crippen LogP) is 2.25. The summed E-state index contributed by atoms with van der Waals surface area (Å²) in [4.78, 5) is 21.7. The second kappa shape index (κ2) is 8.81. The van der Waals surface area contributed by atoms with E-state index in [1.165, 1.54) is 32.1 Å². The first-order chi connectivity index (χ1) is 9.40. The Kier molecular flexibility index (Phi) is 7.78. The highest BCUT2D eigenvalue weighted by Crippen LogP contribution is 2.21. The van der Waals surface area contributed by atoms with Gasteiger partial charge in [0.25, 0.3) is 0 Å². The van der Waals surface area contributed by atoms with Crippen molar-refractivity contribution in [3.05, 3.63) is 30.4 Å². The van der Waals surface area contributed by atoms with E-state index in [0.717, 1.165) is 12.8 Å². The van der Waals surface area contributed by atoms with Crippen molar-refractivity contribution in [2.75, 3.05) is 13.1 Å². The minimum Gasteiger partial charge on any atom is -0.356 e. The Bertz CT molecular complexity index is 458. The number of nitrogens with one attached hydrogen (secondary N) is 2. The van der Waals surface area contributed by atoms with Crippen LogP contribution in [0.25, 0.3) is 0 Å². The molecular formula is C14H18I2N2O2. The van der Waals surface area contributed by atoms with Crippen LogP contribution in [0, 0.1) is 7.14 Å². The SMILES string of the molecule is CC(=O)NCCc1cc(I)c(CCNC(C)=O)cc1I. The fourth-order valence-electron chi connectivity index (χ4n) is 1.76. The number of hydrogen-bond acceptors (Lipinski definition) is 2. The molecular weight excluding hydrogens is 482 g/mol. The number of halogens is 2. The standard InChI is InChI=1S/C14H18I2N2O2/c1-9(19)17-5-3-11-7-14(16)12(8-13(11)15)4-6-18-10(2)20/h7-8H,3-6H2,1-2H3,(H,17,19)(H,18,20). The summed E-state index contributed by atoms with van der Waals surface area (Å²) in [6, 6.07) is 4.32. The van der Waals surface area contributed by atoms with Crippen LogP contribution in [-0.4, -0.2) is 24.9 Å². The van der Waals surface area contributed by atoms with Gasteiger partial charge >= 0.3 is 0 Å². The van der Waals surface area contributed by atoms with E-state index >= 15 is 0 Å². The lowest BCUT2D eigenvalue weighted by molar-refractivity contribution is -0.119. The Balaban J connectivity index is 2.65. The molecule has 0 spiro atoms. The second-order valence-electron chi connectivity index (χ2n) is 4.50. The fourth-order valence-corrected chi connectivity index (χ4v) is 3.36. The number of carbonyl (C=O) groups is 2. The normalized spacial score (nSPS) is 10.2. The highest BCUT2D eigenvalue weighted by molar-refractivity contribution is 14.1. The van der Waals surface area contributed by atoms with Crippen LogP contribution in [0.3, 0.4) is 0 Å². The number of benzene rings is 1. The van der Waals surface area contributed by atoms with Gasteiger partial charge in [-0.25, -0.2) is 0 Å². The summed E-state index contributed by atoms with van der Waals surface area (Å²) in [5.41, 5.74) is 2.49. The van der Waals surface area contributed by atoms with Gasteiger partial charge in [0.2, 0.25) is 11.8 Å². The average molecular weight is 500 g/mol. The van der Waals surface area contributed by atoms with Gasteiger partial charge in [-0.05, 0) is 81.3 Å². The molecule has 6 heteroatoms. The molecule has 1 aromatic carbocycles. The van der Waals surface area contributed by atoms with Crippen LogP contribution in [0.2, 0.25) is 0 Å². The van der Waals surface area contributed by atoms with E-state index in [2.05, 4.69) is 67.9 Å². The molecule has 0 aliphatic rings. The van der Waals surface area contributed by atoms with E-state index in [9.17, 15) is 9.59 Å². The van der Waals surface area contributed by atoms with Crippen LogP contribution in [0.15, 0.2) is 12.1 Å². The van der Waals surface area contributed by atoms with Crippen LogP contribution in [0.1, 0.15) is 25.0 Å². The summed E-state index contributed by atoms with van der Waals surface area (Å²) < 4.78 is 2.40. The first kappa shape index (κ1) is 17.7. The van der Waals surface area contributed by atoms with E-state index in [0.29, 0.717) is 13.1 Å². The molecule has 2 N–H and O–H groups in total. The number of hydrogen-bond donors (Lipinski definition) is 2. The van der Waals surface area contributed by atoms with Gasteiger partial charge in [0.05, 0.1) is 0 Å².